The van der Waals surface area contributed by atoms with Crippen molar-refractivity contribution in [1.82, 2.24) is 0 Å². The zero-order chi connectivity index (χ0) is 18.5. The molecule has 4 aliphatic rings. The van der Waals surface area contributed by atoms with Gasteiger partial charge in [-0.05, 0) is 86.0 Å². The van der Waals surface area contributed by atoms with Crippen LogP contribution < -0.4 is 0 Å². The number of ketones is 1. The van der Waals surface area contributed by atoms with Crippen LogP contribution in [-0.4, -0.2) is 16.9 Å². The van der Waals surface area contributed by atoms with E-state index in [0.717, 1.165) is 43.4 Å². The SMILES string of the molecule is C[C@]12CCC(=O)C=C1CC[C@@H]1[C@@H]2CC[C@]2(C)C(=CCCC(=O)O)CC[C@@H]12. The van der Waals surface area contributed by atoms with E-state index in [9.17, 15) is 9.59 Å². The van der Waals surface area contributed by atoms with Gasteiger partial charge in [-0.25, -0.2) is 0 Å². The van der Waals surface area contributed by atoms with Crippen molar-refractivity contribution in [2.24, 2.45) is 28.6 Å². The van der Waals surface area contributed by atoms with E-state index >= 15 is 0 Å². The lowest BCUT2D eigenvalue weighted by atomic mass is 9.47. The van der Waals surface area contributed by atoms with Crippen LogP contribution in [0.15, 0.2) is 23.3 Å². The van der Waals surface area contributed by atoms with Gasteiger partial charge in [-0.1, -0.05) is 31.1 Å². The van der Waals surface area contributed by atoms with Crippen molar-refractivity contribution < 1.29 is 14.7 Å². The van der Waals surface area contributed by atoms with Crippen LogP contribution in [0.3, 0.4) is 0 Å². The van der Waals surface area contributed by atoms with E-state index in [1.54, 1.807) is 0 Å². The molecule has 1 N–H and O–H groups in total. The fourth-order valence-corrected chi connectivity index (χ4v) is 7.11. The Bertz CT molecular complexity index is 688. The number of carbonyl (C=O) groups excluding carboxylic acids is 1. The molecule has 5 atom stereocenters. The molecule has 0 radical (unpaired) electrons. The van der Waals surface area contributed by atoms with Gasteiger partial charge in [0.05, 0.1) is 0 Å². The zero-order valence-corrected chi connectivity index (χ0v) is 16.2. The van der Waals surface area contributed by atoms with E-state index in [0.29, 0.717) is 12.2 Å². The number of carboxylic acid groups (broad SMARTS) is 1. The predicted octanol–water partition coefficient (Wildman–Crippen LogP) is 5.31. The smallest absolute Gasteiger partial charge is 0.303 e. The van der Waals surface area contributed by atoms with Gasteiger partial charge in [0.2, 0.25) is 0 Å². The van der Waals surface area contributed by atoms with E-state index in [2.05, 4.69) is 19.9 Å². The summed E-state index contributed by atoms with van der Waals surface area (Å²) < 4.78 is 0. The van der Waals surface area contributed by atoms with E-state index in [4.69, 9.17) is 5.11 Å². The second-order valence-electron chi connectivity index (χ2n) is 9.63. The predicted molar refractivity (Wildman–Crippen MR) is 102 cm³/mol. The summed E-state index contributed by atoms with van der Waals surface area (Å²) >= 11 is 0. The van der Waals surface area contributed by atoms with Crippen molar-refractivity contribution in [1.29, 1.82) is 0 Å². The normalized spacial score (nSPS) is 43.5. The molecule has 3 saturated carbocycles. The lowest BCUT2D eigenvalue weighted by Gasteiger charge is -2.57. The number of carboxylic acids is 1. The summed E-state index contributed by atoms with van der Waals surface area (Å²) in [6, 6.07) is 0. The molecule has 0 unspecified atom stereocenters. The largest absolute Gasteiger partial charge is 0.481 e. The van der Waals surface area contributed by atoms with E-state index in [-0.39, 0.29) is 17.3 Å². The fraction of sp³-hybridized carbons (Fsp3) is 0.739. The summed E-state index contributed by atoms with van der Waals surface area (Å²) in [5, 5.41) is 8.94. The van der Waals surface area contributed by atoms with Gasteiger partial charge >= 0.3 is 5.97 Å². The molecular formula is C23H32O3. The molecule has 4 rings (SSSR count). The molecular weight excluding hydrogens is 324 g/mol. The Hall–Kier alpha value is -1.38. The van der Waals surface area contributed by atoms with Gasteiger partial charge in [0.15, 0.2) is 5.78 Å². The van der Waals surface area contributed by atoms with Crippen molar-refractivity contribution in [3.05, 3.63) is 23.3 Å². The van der Waals surface area contributed by atoms with Crippen molar-refractivity contribution in [2.45, 2.75) is 78.1 Å². The Morgan fingerprint density at radius 3 is 2.65 bits per heavy atom. The number of carbonyl (C=O) groups is 2. The summed E-state index contributed by atoms with van der Waals surface area (Å²) in [5.41, 5.74) is 3.50. The lowest BCUT2D eigenvalue weighted by Crippen LogP contribution is -2.49. The van der Waals surface area contributed by atoms with E-state index < -0.39 is 5.97 Å². The molecule has 4 aliphatic carbocycles. The maximum atomic E-state index is 11.9. The highest BCUT2D eigenvalue weighted by molar-refractivity contribution is 5.91. The highest BCUT2D eigenvalue weighted by atomic mass is 16.4. The van der Waals surface area contributed by atoms with Crippen LogP contribution in [-0.2, 0) is 9.59 Å². The first-order valence-corrected chi connectivity index (χ1v) is 10.5. The Morgan fingerprint density at radius 1 is 1.12 bits per heavy atom. The van der Waals surface area contributed by atoms with Gasteiger partial charge in [-0.3, -0.25) is 9.59 Å². The Kier molecular flexibility index (Phi) is 4.40. The number of rotatable bonds is 3. The summed E-state index contributed by atoms with van der Waals surface area (Å²) in [6.45, 7) is 4.88. The van der Waals surface area contributed by atoms with Crippen LogP contribution in [0, 0.1) is 28.6 Å². The minimum atomic E-state index is -0.698. The van der Waals surface area contributed by atoms with Crippen molar-refractivity contribution in [2.75, 3.05) is 0 Å². The monoisotopic (exact) mass is 356 g/mol. The van der Waals surface area contributed by atoms with Crippen LogP contribution in [0.2, 0.25) is 0 Å². The number of aliphatic carboxylic acids is 1. The van der Waals surface area contributed by atoms with Gasteiger partial charge in [0.25, 0.3) is 0 Å². The first-order valence-electron chi connectivity index (χ1n) is 10.5. The van der Waals surface area contributed by atoms with Gasteiger partial charge in [-0.15, -0.1) is 0 Å². The van der Waals surface area contributed by atoms with Crippen LogP contribution in [0.4, 0.5) is 0 Å². The molecule has 0 aromatic carbocycles. The molecule has 142 valence electrons. The minimum absolute atomic E-state index is 0.244. The number of allylic oxidation sites excluding steroid dienone is 3. The first-order chi connectivity index (χ1) is 12.3. The molecule has 0 amide bonds. The average molecular weight is 357 g/mol. The third-order valence-corrected chi connectivity index (χ3v) is 8.56. The maximum absolute atomic E-state index is 11.9. The Balaban J connectivity index is 1.57. The first kappa shape index (κ1) is 18.0. The van der Waals surface area contributed by atoms with Crippen molar-refractivity contribution in [3.8, 4) is 0 Å². The molecule has 0 saturated heterocycles. The van der Waals surface area contributed by atoms with Gasteiger partial charge in [0.1, 0.15) is 0 Å². The minimum Gasteiger partial charge on any atom is -0.481 e. The van der Waals surface area contributed by atoms with Gasteiger partial charge < -0.3 is 5.11 Å². The molecule has 3 heteroatoms. The number of hydrogen-bond donors (Lipinski definition) is 1. The second kappa shape index (κ2) is 6.35. The van der Waals surface area contributed by atoms with E-state index in [1.807, 2.05) is 6.08 Å². The molecule has 3 nitrogen and oxygen atoms in total. The third kappa shape index (κ3) is 2.70. The fourth-order valence-electron chi connectivity index (χ4n) is 7.11. The molecule has 0 heterocycles. The molecule has 0 bridgehead atoms. The van der Waals surface area contributed by atoms with Crippen LogP contribution in [0.25, 0.3) is 0 Å². The molecule has 3 fully saturated rings. The zero-order valence-electron chi connectivity index (χ0n) is 16.2. The van der Waals surface area contributed by atoms with Crippen molar-refractivity contribution >= 4 is 11.8 Å². The van der Waals surface area contributed by atoms with Crippen LogP contribution >= 0.6 is 0 Å². The summed E-state index contributed by atoms with van der Waals surface area (Å²) in [5.74, 6) is 1.88. The van der Waals surface area contributed by atoms with Gasteiger partial charge in [0, 0.05) is 12.8 Å². The maximum Gasteiger partial charge on any atom is 0.303 e. The summed E-state index contributed by atoms with van der Waals surface area (Å²) in [6.07, 6.45) is 14.2. The molecule has 0 aromatic rings. The Morgan fingerprint density at radius 2 is 1.88 bits per heavy atom. The topological polar surface area (TPSA) is 54.4 Å². The molecule has 0 aromatic heterocycles. The molecule has 26 heavy (non-hydrogen) atoms. The average Bonchev–Trinajstić information content (AvgIpc) is 2.92. The molecule has 0 spiro atoms. The third-order valence-electron chi connectivity index (χ3n) is 8.56. The lowest BCUT2D eigenvalue weighted by molar-refractivity contribution is -0.136. The highest BCUT2D eigenvalue weighted by Crippen LogP contribution is 2.66. The van der Waals surface area contributed by atoms with Gasteiger partial charge in [-0.2, -0.15) is 0 Å². The quantitative estimate of drug-likeness (QED) is 0.697. The number of hydrogen-bond acceptors (Lipinski definition) is 2. The van der Waals surface area contributed by atoms with Crippen LogP contribution in [0.1, 0.15) is 78.1 Å². The van der Waals surface area contributed by atoms with Crippen LogP contribution in [0.5, 0.6) is 0 Å². The van der Waals surface area contributed by atoms with E-state index in [1.165, 1.54) is 36.8 Å². The summed E-state index contributed by atoms with van der Waals surface area (Å²) in [4.78, 5) is 22.8. The standard InChI is InChI=1S/C23H32O3/c1-22-13-11-20-18(8-6-16-14-17(24)10-12-23(16,20)2)19(22)9-7-15(22)4-3-5-21(25)26/h4,14,18-20H,3,5-13H2,1-2H3,(H,25,26)/t18-,19-,20-,22+,23-/m0/s1. The number of fused-ring (bicyclic) bond motifs is 5. The highest BCUT2D eigenvalue weighted by Gasteiger charge is 2.57. The molecule has 0 aliphatic heterocycles. The Labute approximate surface area is 156 Å². The second-order valence-corrected chi connectivity index (χ2v) is 9.63. The van der Waals surface area contributed by atoms with Crippen molar-refractivity contribution in [3.63, 3.8) is 0 Å². The summed E-state index contributed by atoms with van der Waals surface area (Å²) in [7, 11) is 0.